The lowest BCUT2D eigenvalue weighted by molar-refractivity contribution is 0.597. The van der Waals surface area contributed by atoms with Crippen LogP contribution in [0, 0.1) is 23.0 Å². The summed E-state index contributed by atoms with van der Waals surface area (Å²) in [6.07, 6.45) is 2.97. The molecule has 2 N–H and O–H groups in total. The van der Waals surface area contributed by atoms with E-state index in [1.165, 1.54) is 12.4 Å². The van der Waals surface area contributed by atoms with Gasteiger partial charge < -0.3 is 5.73 Å². The molecule has 0 unspecified atom stereocenters. The number of aromatic nitrogens is 1. The van der Waals surface area contributed by atoms with E-state index in [0.29, 0.717) is 5.56 Å². The highest BCUT2D eigenvalue weighted by molar-refractivity contribution is 5.95. The molecule has 0 fully saturated rings. The second-order valence-corrected chi connectivity index (χ2v) is 3.77. The third-order valence-corrected chi connectivity index (χ3v) is 2.55. The summed E-state index contributed by atoms with van der Waals surface area (Å²) in [6, 6.07) is 8.05. The predicted octanol–water partition coefficient (Wildman–Crippen LogP) is 2.71. The van der Waals surface area contributed by atoms with Gasteiger partial charge in [-0.1, -0.05) is 6.07 Å². The summed E-state index contributed by atoms with van der Waals surface area (Å²) in [5.74, 6) is -1.31. The average molecular weight is 257 g/mol. The number of nitrogens with zero attached hydrogens (tertiary/aromatic N) is 2. The zero-order valence-electron chi connectivity index (χ0n) is 9.77. The Balaban J connectivity index is 2.62. The molecule has 0 saturated carbocycles. The second kappa shape index (κ2) is 5.27. The summed E-state index contributed by atoms with van der Waals surface area (Å²) in [5, 5.41) is 9.14. The van der Waals surface area contributed by atoms with Crippen LogP contribution >= 0.6 is 0 Å². The van der Waals surface area contributed by atoms with Crippen molar-refractivity contribution in [1.82, 2.24) is 4.98 Å². The fourth-order valence-electron chi connectivity index (χ4n) is 1.63. The van der Waals surface area contributed by atoms with Crippen LogP contribution in [-0.2, 0) is 0 Å². The molecule has 2 aromatic rings. The molecule has 1 heterocycles. The van der Waals surface area contributed by atoms with Crippen LogP contribution in [-0.4, -0.2) is 4.98 Å². The number of nitrogens with two attached hydrogens (primary N) is 1. The van der Waals surface area contributed by atoms with Crippen LogP contribution in [0.4, 0.5) is 8.78 Å². The number of halogens is 2. The van der Waals surface area contributed by atoms with E-state index in [2.05, 4.69) is 4.98 Å². The van der Waals surface area contributed by atoms with Gasteiger partial charge in [-0.15, -0.1) is 0 Å². The molecule has 1 aromatic heterocycles. The molecule has 0 aliphatic carbocycles. The first-order chi connectivity index (χ1) is 9.13. The Morgan fingerprint density at radius 2 is 2.05 bits per heavy atom. The molecule has 19 heavy (non-hydrogen) atoms. The van der Waals surface area contributed by atoms with Crippen molar-refractivity contribution in [2.45, 2.75) is 0 Å². The Morgan fingerprint density at radius 3 is 2.68 bits per heavy atom. The lowest BCUT2D eigenvalue weighted by Gasteiger charge is -2.07. The molecule has 0 radical (unpaired) electrons. The quantitative estimate of drug-likeness (QED) is 0.841. The number of hydrogen-bond acceptors (Lipinski definition) is 3. The second-order valence-electron chi connectivity index (χ2n) is 3.77. The van der Waals surface area contributed by atoms with Crippen LogP contribution in [0.3, 0.4) is 0 Å². The first-order valence-corrected chi connectivity index (χ1v) is 5.39. The standard InChI is InChI=1S/C14H9F2N3/c15-10-3-4-13(16)11(6-10)14(18)12(7-17)9-2-1-5-19-8-9/h1-6,8H,18H2/b14-12-. The Morgan fingerprint density at radius 1 is 1.26 bits per heavy atom. The van der Waals surface area contributed by atoms with Gasteiger partial charge in [-0.3, -0.25) is 4.98 Å². The molecule has 5 heteroatoms. The molecule has 0 atom stereocenters. The average Bonchev–Trinajstić information content (AvgIpc) is 2.43. The summed E-state index contributed by atoms with van der Waals surface area (Å²) < 4.78 is 26.8. The van der Waals surface area contributed by atoms with E-state index in [1.54, 1.807) is 12.1 Å². The SMILES string of the molecule is N#C/C(=C(/N)c1cc(F)ccc1F)c1cccnc1. The van der Waals surface area contributed by atoms with Crippen molar-refractivity contribution in [1.29, 1.82) is 5.26 Å². The molecule has 0 aliphatic heterocycles. The topological polar surface area (TPSA) is 62.7 Å². The maximum absolute atomic E-state index is 13.6. The summed E-state index contributed by atoms with van der Waals surface area (Å²) in [4.78, 5) is 3.86. The van der Waals surface area contributed by atoms with Gasteiger partial charge in [-0.05, 0) is 24.3 Å². The number of allylic oxidation sites excluding steroid dienone is 1. The largest absolute Gasteiger partial charge is 0.397 e. The van der Waals surface area contributed by atoms with Crippen LogP contribution in [0.25, 0.3) is 11.3 Å². The Bertz CT molecular complexity index is 673. The van der Waals surface area contributed by atoms with Crippen molar-refractivity contribution < 1.29 is 8.78 Å². The van der Waals surface area contributed by atoms with E-state index >= 15 is 0 Å². The van der Waals surface area contributed by atoms with Gasteiger partial charge in [0.05, 0.1) is 11.3 Å². The van der Waals surface area contributed by atoms with Crippen molar-refractivity contribution in [3.8, 4) is 6.07 Å². The summed E-state index contributed by atoms with van der Waals surface area (Å²) in [6.45, 7) is 0. The number of rotatable bonds is 2. The highest BCUT2D eigenvalue weighted by Crippen LogP contribution is 2.24. The van der Waals surface area contributed by atoms with Gasteiger partial charge in [0.15, 0.2) is 0 Å². The maximum atomic E-state index is 13.6. The normalized spacial score (nSPS) is 11.6. The van der Waals surface area contributed by atoms with Gasteiger partial charge in [0.1, 0.15) is 17.7 Å². The number of nitriles is 1. The van der Waals surface area contributed by atoms with Crippen molar-refractivity contribution in [3.63, 3.8) is 0 Å². The van der Waals surface area contributed by atoms with Crippen LogP contribution in [0.1, 0.15) is 11.1 Å². The summed E-state index contributed by atoms with van der Waals surface area (Å²) in [7, 11) is 0. The molecule has 0 saturated heterocycles. The molecule has 0 amide bonds. The zero-order valence-corrected chi connectivity index (χ0v) is 9.77. The van der Waals surface area contributed by atoms with E-state index in [9.17, 15) is 8.78 Å². The Kier molecular flexibility index (Phi) is 3.53. The smallest absolute Gasteiger partial charge is 0.132 e. The van der Waals surface area contributed by atoms with Crippen LogP contribution in [0.15, 0.2) is 42.7 Å². The van der Waals surface area contributed by atoms with Gasteiger partial charge in [-0.2, -0.15) is 5.26 Å². The predicted molar refractivity (Wildman–Crippen MR) is 67.2 cm³/mol. The van der Waals surface area contributed by atoms with E-state index in [4.69, 9.17) is 11.0 Å². The highest BCUT2D eigenvalue weighted by atomic mass is 19.1. The minimum absolute atomic E-state index is 0.0533. The van der Waals surface area contributed by atoms with Gasteiger partial charge >= 0.3 is 0 Å². The van der Waals surface area contributed by atoms with E-state index in [-0.39, 0.29) is 16.8 Å². The van der Waals surface area contributed by atoms with Gasteiger partial charge in [0.2, 0.25) is 0 Å². The first kappa shape index (κ1) is 12.7. The minimum atomic E-state index is -0.685. The Hall–Kier alpha value is -2.74. The third-order valence-electron chi connectivity index (χ3n) is 2.55. The third kappa shape index (κ3) is 2.58. The zero-order chi connectivity index (χ0) is 13.8. The van der Waals surface area contributed by atoms with Gasteiger partial charge in [0, 0.05) is 23.5 Å². The first-order valence-electron chi connectivity index (χ1n) is 5.39. The molecule has 94 valence electrons. The van der Waals surface area contributed by atoms with Crippen LogP contribution < -0.4 is 5.73 Å². The van der Waals surface area contributed by atoms with Gasteiger partial charge in [0.25, 0.3) is 0 Å². The molecule has 0 aliphatic rings. The maximum Gasteiger partial charge on any atom is 0.132 e. The fraction of sp³-hybridized carbons (Fsp3) is 0. The van der Waals surface area contributed by atoms with Crippen molar-refractivity contribution in [2.75, 3.05) is 0 Å². The summed E-state index contributed by atoms with van der Waals surface area (Å²) in [5.41, 5.74) is 6.02. The molecule has 0 spiro atoms. The van der Waals surface area contributed by atoms with Crippen molar-refractivity contribution >= 4 is 11.3 Å². The molecule has 3 nitrogen and oxygen atoms in total. The molecule has 0 bridgehead atoms. The van der Waals surface area contributed by atoms with Crippen molar-refractivity contribution in [2.24, 2.45) is 5.73 Å². The monoisotopic (exact) mass is 257 g/mol. The van der Waals surface area contributed by atoms with Crippen LogP contribution in [0.2, 0.25) is 0 Å². The fourth-order valence-corrected chi connectivity index (χ4v) is 1.63. The van der Waals surface area contributed by atoms with E-state index < -0.39 is 11.6 Å². The molecular formula is C14H9F2N3. The Labute approximate surface area is 108 Å². The van der Waals surface area contributed by atoms with Crippen molar-refractivity contribution in [3.05, 3.63) is 65.5 Å². The van der Waals surface area contributed by atoms with Crippen LogP contribution in [0.5, 0.6) is 0 Å². The van der Waals surface area contributed by atoms with E-state index in [0.717, 1.165) is 18.2 Å². The van der Waals surface area contributed by atoms with E-state index in [1.807, 2.05) is 6.07 Å². The molecule has 2 rings (SSSR count). The lowest BCUT2D eigenvalue weighted by Crippen LogP contribution is -2.04. The number of hydrogen-bond donors (Lipinski definition) is 1. The lowest BCUT2D eigenvalue weighted by atomic mass is 10.0. The summed E-state index contributed by atoms with van der Waals surface area (Å²) >= 11 is 0. The minimum Gasteiger partial charge on any atom is -0.397 e. The molecule has 1 aromatic carbocycles. The highest BCUT2D eigenvalue weighted by Gasteiger charge is 2.13. The number of pyridine rings is 1. The molecular weight excluding hydrogens is 248 g/mol. The van der Waals surface area contributed by atoms with Gasteiger partial charge in [-0.25, -0.2) is 8.78 Å². The number of benzene rings is 1.